The molecule has 0 radical (unpaired) electrons. The molecule has 2 N–H and O–H groups in total. The van der Waals surface area contributed by atoms with E-state index in [4.69, 9.17) is 0 Å². The maximum absolute atomic E-state index is 12.2. The molecule has 1 aliphatic carbocycles. The standard InChI is InChI=1S/C15H24N2O2/c1-11(2)17-8-4-7-14(17)15(19)16-9-12-5-3-6-13(12)10-18/h4,7-8,11-13,18H,3,5-6,9-10H2,1-2H3,(H,16,19). The lowest BCUT2D eigenvalue weighted by atomic mass is 9.97. The summed E-state index contributed by atoms with van der Waals surface area (Å²) in [5, 5.41) is 12.3. The van der Waals surface area contributed by atoms with Crippen LogP contribution in [0.15, 0.2) is 18.3 Å². The number of nitrogens with one attached hydrogen (secondary N) is 1. The lowest BCUT2D eigenvalue weighted by Gasteiger charge is -2.18. The summed E-state index contributed by atoms with van der Waals surface area (Å²) in [4.78, 5) is 12.2. The van der Waals surface area contributed by atoms with Crippen LogP contribution in [0.2, 0.25) is 0 Å². The fraction of sp³-hybridized carbons (Fsp3) is 0.667. The van der Waals surface area contributed by atoms with Gasteiger partial charge >= 0.3 is 0 Å². The molecule has 0 aromatic carbocycles. The SMILES string of the molecule is CC(C)n1cccc1C(=O)NCC1CCCC1CO. The molecule has 19 heavy (non-hydrogen) atoms. The largest absolute Gasteiger partial charge is 0.396 e. The van der Waals surface area contributed by atoms with Crippen molar-refractivity contribution in [3.8, 4) is 0 Å². The first kappa shape index (κ1) is 14.1. The third-order valence-corrected chi connectivity index (χ3v) is 4.14. The number of hydrogen-bond donors (Lipinski definition) is 2. The summed E-state index contributed by atoms with van der Waals surface area (Å²) in [6, 6.07) is 4.04. The van der Waals surface area contributed by atoms with E-state index in [1.165, 1.54) is 0 Å². The Morgan fingerprint density at radius 1 is 1.47 bits per heavy atom. The second kappa shape index (κ2) is 6.24. The zero-order chi connectivity index (χ0) is 13.8. The van der Waals surface area contributed by atoms with E-state index >= 15 is 0 Å². The summed E-state index contributed by atoms with van der Waals surface area (Å²) < 4.78 is 1.98. The molecule has 0 aliphatic heterocycles. The number of amides is 1. The molecule has 4 heteroatoms. The predicted molar refractivity (Wildman–Crippen MR) is 75.1 cm³/mol. The summed E-state index contributed by atoms with van der Waals surface area (Å²) in [5.41, 5.74) is 0.716. The van der Waals surface area contributed by atoms with Gasteiger partial charge in [0, 0.05) is 25.4 Å². The first-order valence-corrected chi connectivity index (χ1v) is 7.19. The first-order chi connectivity index (χ1) is 9.13. The predicted octanol–water partition coefficient (Wildman–Crippen LogP) is 2.21. The maximum Gasteiger partial charge on any atom is 0.267 e. The van der Waals surface area contributed by atoms with Gasteiger partial charge in [0.1, 0.15) is 5.69 Å². The normalized spacial score (nSPS) is 22.9. The Labute approximate surface area is 114 Å². The van der Waals surface area contributed by atoms with Gasteiger partial charge in [-0.25, -0.2) is 0 Å². The molecule has 0 spiro atoms. The number of aliphatic hydroxyl groups excluding tert-OH is 1. The molecule has 4 nitrogen and oxygen atoms in total. The van der Waals surface area contributed by atoms with Crippen molar-refractivity contribution in [2.75, 3.05) is 13.2 Å². The van der Waals surface area contributed by atoms with Gasteiger partial charge in [-0.3, -0.25) is 4.79 Å². The van der Waals surface area contributed by atoms with Gasteiger partial charge in [0.2, 0.25) is 0 Å². The molecule has 106 valence electrons. The second-order valence-electron chi connectivity index (χ2n) is 5.74. The van der Waals surface area contributed by atoms with Crippen LogP contribution in [0.25, 0.3) is 0 Å². The third kappa shape index (κ3) is 3.18. The average Bonchev–Trinajstić information content (AvgIpc) is 3.04. The zero-order valence-electron chi connectivity index (χ0n) is 11.8. The monoisotopic (exact) mass is 264 g/mol. The highest BCUT2D eigenvalue weighted by Crippen LogP contribution is 2.30. The minimum atomic E-state index is -0.0118. The second-order valence-corrected chi connectivity index (χ2v) is 5.74. The van der Waals surface area contributed by atoms with Gasteiger partial charge in [-0.1, -0.05) is 6.42 Å². The number of aromatic nitrogens is 1. The number of carbonyl (C=O) groups is 1. The average molecular weight is 264 g/mol. The van der Waals surface area contributed by atoms with Crippen LogP contribution in [-0.2, 0) is 0 Å². The molecule has 1 aliphatic rings. The van der Waals surface area contributed by atoms with Gasteiger partial charge in [-0.2, -0.15) is 0 Å². The molecule has 1 amide bonds. The van der Waals surface area contributed by atoms with Gasteiger partial charge < -0.3 is 15.0 Å². The molecule has 1 aromatic rings. The summed E-state index contributed by atoms with van der Waals surface area (Å²) in [6.07, 6.45) is 5.29. The van der Waals surface area contributed by atoms with Crippen molar-refractivity contribution >= 4 is 5.91 Å². The molecular weight excluding hydrogens is 240 g/mol. The van der Waals surface area contributed by atoms with Crippen molar-refractivity contribution in [2.45, 2.75) is 39.2 Å². The first-order valence-electron chi connectivity index (χ1n) is 7.19. The van der Waals surface area contributed by atoms with Crippen molar-refractivity contribution in [3.63, 3.8) is 0 Å². The maximum atomic E-state index is 12.2. The van der Waals surface area contributed by atoms with Gasteiger partial charge in [-0.05, 0) is 50.7 Å². The lowest BCUT2D eigenvalue weighted by Crippen LogP contribution is -2.33. The van der Waals surface area contributed by atoms with Crippen molar-refractivity contribution < 1.29 is 9.90 Å². The van der Waals surface area contributed by atoms with E-state index < -0.39 is 0 Å². The van der Waals surface area contributed by atoms with E-state index in [9.17, 15) is 9.90 Å². The van der Waals surface area contributed by atoms with Crippen LogP contribution >= 0.6 is 0 Å². The molecule has 2 atom stereocenters. The Hall–Kier alpha value is -1.29. The minimum Gasteiger partial charge on any atom is -0.396 e. The van der Waals surface area contributed by atoms with Crippen molar-refractivity contribution in [3.05, 3.63) is 24.0 Å². The van der Waals surface area contributed by atoms with Crippen LogP contribution in [0.4, 0.5) is 0 Å². The highest BCUT2D eigenvalue weighted by molar-refractivity contribution is 5.92. The summed E-state index contributed by atoms with van der Waals surface area (Å²) >= 11 is 0. The molecule has 0 saturated heterocycles. The van der Waals surface area contributed by atoms with E-state index in [2.05, 4.69) is 19.2 Å². The van der Waals surface area contributed by atoms with E-state index in [0.717, 1.165) is 19.3 Å². The number of nitrogens with zero attached hydrogens (tertiary/aromatic N) is 1. The number of carbonyl (C=O) groups excluding carboxylic acids is 1. The van der Waals surface area contributed by atoms with Crippen molar-refractivity contribution in [1.82, 2.24) is 9.88 Å². The topological polar surface area (TPSA) is 54.3 Å². The van der Waals surface area contributed by atoms with Crippen LogP contribution < -0.4 is 5.32 Å². The molecule has 1 saturated carbocycles. The zero-order valence-corrected chi connectivity index (χ0v) is 11.8. The van der Waals surface area contributed by atoms with E-state index in [0.29, 0.717) is 24.1 Å². The summed E-state index contributed by atoms with van der Waals surface area (Å²) in [7, 11) is 0. The van der Waals surface area contributed by atoms with Gasteiger partial charge in [0.05, 0.1) is 0 Å². The number of hydrogen-bond acceptors (Lipinski definition) is 2. The van der Waals surface area contributed by atoms with Crippen molar-refractivity contribution in [2.24, 2.45) is 11.8 Å². The molecule has 2 unspecified atom stereocenters. The van der Waals surface area contributed by atoms with Crippen LogP contribution in [0.5, 0.6) is 0 Å². The van der Waals surface area contributed by atoms with Gasteiger partial charge in [0.25, 0.3) is 5.91 Å². The van der Waals surface area contributed by atoms with E-state index in [1.807, 2.05) is 22.9 Å². The number of aliphatic hydroxyl groups is 1. The van der Waals surface area contributed by atoms with E-state index in [1.54, 1.807) is 0 Å². The van der Waals surface area contributed by atoms with E-state index in [-0.39, 0.29) is 18.6 Å². The summed E-state index contributed by atoms with van der Waals surface area (Å²) in [6.45, 7) is 5.04. The third-order valence-electron chi connectivity index (χ3n) is 4.14. The smallest absolute Gasteiger partial charge is 0.267 e. The van der Waals surface area contributed by atoms with Crippen LogP contribution in [0, 0.1) is 11.8 Å². The van der Waals surface area contributed by atoms with Crippen molar-refractivity contribution in [1.29, 1.82) is 0 Å². The number of rotatable bonds is 5. The van der Waals surface area contributed by atoms with Crippen LogP contribution in [0.1, 0.15) is 49.6 Å². The van der Waals surface area contributed by atoms with Crippen LogP contribution in [0.3, 0.4) is 0 Å². The summed E-state index contributed by atoms with van der Waals surface area (Å²) in [5.74, 6) is 0.774. The fourth-order valence-electron chi connectivity index (χ4n) is 2.97. The van der Waals surface area contributed by atoms with Crippen LogP contribution in [-0.4, -0.2) is 28.7 Å². The molecule has 2 rings (SSSR count). The fourth-order valence-corrected chi connectivity index (χ4v) is 2.97. The van der Waals surface area contributed by atoms with Gasteiger partial charge in [-0.15, -0.1) is 0 Å². The molecule has 1 fully saturated rings. The molecule has 1 heterocycles. The molecule has 0 bridgehead atoms. The highest BCUT2D eigenvalue weighted by atomic mass is 16.3. The Morgan fingerprint density at radius 3 is 2.89 bits per heavy atom. The highest BCUT2D eigenvalue weighted by Gasteiger charge is 2.27. The quantitative estimate of drug-likeness (QED) is 0.856. The Balaban J connectivity index is 1.92. The van der Waals surface area contributed by atoms with Gasteiger partial charge in [0.15, 0.2) is 0 Å². The Kier molecular flexibility index (Phi) is 4.64. The Morgan fingerprint density at radius 2 is 2.21 bits per heavy atom. The lowest BCUT2D eigenvalue weighted by molar-refractivity contribution is 0.0927. The minimum absolute atomic E-state index is 0.0118. The molecule has 1 aromatic heterocycles. The molecular formula is C15H24N2O2. The Bertz CT molecular complexity index is 426.